The van der Waals surface area contributed by atoms with E-state index in [0.29, 0.717) is 0 Å². The number of ether oxygens (including phenoxy) is 2. The van der Waals surface area contributed by atoms with E-state index in [2.05, 4.69) is 86.7 Å². The molecule has 6 heterocycles. The first-order valence-electron chi connectivity index (χ1n) is 14.8. The van der Waals surface area contributed by atoms with E-state index >= 15 is 0 Å². The Morgan fingerprint density at radius 1 is 0.422 bits per heavy atom. The molecule has 0 saturated carbocycles. The van der Waals surface area contributed by atoms with Crippen LogP contribution in [0.5, 0.6) is 23.0 Å². The zero-order valence-electron chi connectivity index (χ0n) is 24.0. The molecule has 0 unspecified atom stereocenters. The molecule has 0 amide bonds. The smallest absolute Gasteiger partial charge is 0.260 e. The van der Waals surface area contributed by atoms with Crippen molar-refractivity contribution in [3.8, 4) is 67.5 Å². The van der Waals surface area contributed by atoms with Gasteiger partial charge in [0.15, 0.2) is 0 Å². The van der Waals surface area contributed by atoms with E-state index in [4.69, 9.17) is 9.47 Å². The van der Waals surface area contributed by atoms with E-state index < -0.39 is 0 Å². The third kappa shape index (κ3) is 4.20. The van der Waals surface area contributed by atoms with Crippen LogP contribution in [0, 0.1) is 0 Å². The third-order valence-corrected chi connectivity index (χ3v) is 8.56. The van der Waals surface area contributed by atoms with Crippen molar-refractivity contribution in [2.45, 2.75) is 0 Å². The summed E-state index contributed by atoms with van der Waals surface area (Å²) in [4.78, 5) is 17.6. The zero-order valence-corrected chi connectivity index (χ0v) is 24.0. The van der Waals surface area contributed by atoms with E-state index in [1.54, 1.807) is 24.8 Å². The van der Waals surface area contributed by atoms with Crippen LogP contribution in [-0.4, -0.2) is 26.6 Å². The fourth-order valence-electron chi connectivity index (χ4n) is 6.47. The van der Waals surface area contributed by atoms with Gasteiger partial charge < -0.3 is 9.47 Å². The van der Waals surface area contributed by atoms with Gasteiger partial charge in [0.1, 0.15) is 23.0 Å². The molecular weight excluding hydrogens is 555 g/mol. The van der Waals surface area contributed by atoms with Gasteiger partial charge in [0.05, 0.1) is 0 Å². The van der Waals surface area contributed by atoms with E-state index in [9.17, 15) is 0 Å². The van der Waals surface area contributed by atoms with Gasteiger partial charge in [-0.1, -0.05) is 48.5 Å². The number of aromatic nitrogens is 4. The topological polar surface area (TPSA) is 70.0 Å². The summed E-state index contributed by atoms with van der Waals surface area (Å²) < 4.78 is 13.8. The summed E-state index contributed by atoms with van der Waals surface area (Å²) in [7, 11) is 0. The van der Waals surface area contributed by atoms with Gasteiger partial charge in [0.2, 0.25) is 0 Å². The summed E-state index contributed by atoms with van der Waals surface area (Å²) in [6.45, 7) is -0.125. The number of pyridine rings is 4. The zero-order chi connectivity index (χ0) is 29.7. The first-order valence-corrected chi connectivity index (χ1v) is 14.8. The second-order valence-corrected chi connectivity index (χ2v) is 11.2. The molecule has 3 aromatic carbocycles. The number of hydrogen-bond donors (Lipinski definition) is 0. The summed E-state index contributed by atoms with van der Waals surface area (Å²) in [6.07, 6.45) is 14.7. The van der Waals surface area contributed by atoms with Crippen LogP contribution < -0.4 is 25.9 Å². The minimum absolute atomic E-state index is 0.125. The standard InChI is InChI=1S/C38H23BN4O2/c1-5-26(20-40-13-1)24-9-11-32-34(17-24)44-37-30(28-7-3-15-42-22-28)19-31(29-8-4-16-43-23-29)38-36(37)39(32)33-12-10-25(18-35(33)45-38)27-6-2-14-41-21-27/h1-23H. The van der Waals surface area contributed by atoms with Crippen molar-refractivity contribution in [2.24, 2.45) is 0 Å². The van der Waals surface area contributed by atoms with Crippen molar-refractivity contribution in [1.82, 2.24) is 19.9 Å². The molecule has 2 aliphatic heterocycles. The Hall–Kier alpha value is -6.08. The molecular formula is C38H23BN4O2. The minimum atomic E-state index is -0.125. The quantitative estimate of drug-likeness (QED) is 0.218. The van der Waals surface area contributed by atoms with Gasteiger partial charge in [0.25, 0.3) is 6.71 Å². The minimum Gasteiger partial charge on any atom is -0.458 e. The summed E-state index contributed by atoms with van der Waals surface area (Å²) in [5, 5.41) is 0. The fraction of sp³-hybridized carbons (Fsp3) is 0. The Morgan fingerprint density at radius 3 is 1.24 bits per heavy atom. The van der Waals surface area contributed by atoms with Crippen molar-refractivity contribution in [3.05, 3.63) is 141 Å². The number of nitrogens with zero attached hydrogens (tertiary/aromatic N) is 4. The third-order valence-electron chi connectivity index (χ3n) is 8.56. The van der Waals surface area contributed by atoms with Gasteiger partial charge in [-0.15, -0.1) is 0 Å². The van der Waals surface area contributed by atoms with Crippen LogP contribution in [0.25, 0.3) is 44.5 Å². The van der Waals surface area contributed by atoms with Gasteiger partial charge in [-0.05, 0) is 64.5 Å². The Bertz CT molecular complexity index is 2060. The Morgan fingerprint density at radius 2 is 0.844 bits per heavy atom. The molecule has 0 aliphatic carbocycles. The molecule has 7 aromatic rings. The SMILES string of the molecule is c1cncc(-c2ccc3c(c2)Oc2c(-c4cccnc4)cc(-c4cccnc4)c4c2B3c2ccc(-c3cccnc3)cc2O4)c1. The van der Waals surface area contributed by atoms with E-state index in [-0.39, 0.29) is 6.71 Å². The van der Waals surface area contributed by atoms with Crippen LogP contribution >= 0.6 is 0 Å². The Kier molecular flexibility index (Phi) is 5.81. The Labute approximate surface area is 260 Å². The fourth-order valence-corrected chi connectivity index (χ4v) is 6.47. The largest absolute Gasteiger partial charge is 0.458 e. The average molecular weight is 578 g/mol. The van der Waals surface area contributed by atoms with Crippen LogP contribution in [0.15, 0.2) is 141 Å². The Balaban J connectivity index is 1.33. The number of fused-ring (bicyclic) bond motifs is 4. The normalized spacial score (nSPS) is 12.3. The molecule has 0 saturated heterocycles. The van der Waals surface area contributed by atoms with Gasteiger partial charge >= 0.3 is 0 Å². The van der Waals surface area contributed by atoms with Crippen LogP contribution in [-0.2, 0) is 0 Å². The molecule has 0 fully saturated rings. The molecule has 9 rings (SSSR count). The highest BCUT2D eigenvalue weighted by atomic mass is 16.5. The van der Waals surface area contributed by atoms with Gasteiger partial charge in [-0.3, -0.25) is 19.9 Å². The lowest BCUT2D eigenvalue weighted by Crippen LogP contribution is -2.57. The highest BCUT2D eigenvalue weighted by molar-refractivity contribution is 6.98. The molecule has 4 aromatic heterocycles. The molecule has 2 aliphatic rings. The predicted octanol–water partition coefficient (Wildman–Crippen LogP) is 6.66. The summed E-state index contributed by atoms with van der Waals surface area (Å²) in [6, 6.07) is 31.1. The second kappa shape index (κ2) is 10.3. The molecule has 210 valence electrons. The van der Waals surface area contributed by atoms with E-state index in [1.165, 1.54) is 0 Å². The monoisotopic (exact) mass is 578 g/mol. The van der Waals surface area contributed by atoms with Crippen LogP contribution in [0.1, 0.15) is 0 Å². The van der Waals surface area contributed by atoms with Crippen LogP contribution in [0.4, 0.5) is 0 Å². The summed E-state index contributed by atoms with van der Waals surface area (Å²) in [5.74, 6) is 3.16. The second-order valence-electron chi connectivity index (χ2n) is 11.2. The maximum absolute atomic E-state index is 6.92. The van der Waals surface area contributed by atoms with Crippen molar-refractivity contribution < 1.29 is 9.47 Å². The van der Waals surface area contributed by atoms with Gasteiger partial charge in [-0.25, -0.2) is 0 Å². The first kappa shape index (κ1) is 25.4. The highest BCUT2D eigenvalue weighted by Gasteiger charge is 2.43. The molecule has 0 atom stereocenters. The first-order chi connectivity index (χ1) is 22.3. The number of rotatable bonds is 4. The molecule has 7 heteroatoms. The molecule has 0 spiro atoms. The molecule has 0 bridgehead atoms. The predicted molar refractivity (Wildman–Crippen MR) is 177 cm³/mol. The van der Waals surface area contributed by atoms with E-state index in [1.807, 2.05) is 49.1 Å². The average Bonchev–Trinajstić information content (AvgIpc) is 3.12. The van der Waals surface area contributed by atoms with Gasteiger partial charge in [-0.2, -0.15) is 0 Å². The number of benzene rings is 3. The molecule has 45 heavy (non-hydrogen) atoms. The van der Waals surface area contributed by atoms with E-state index in [0.717, 1.165) is 83.9 Å². The van der Waals surface area contributed by atoms with Crippen molar-refractivity contribution in [2.75, 3.05) is 0 Å². The molecule has 6 nitrogen and oxygen atoms in total. The van der Waals surface area contributed by atoms with Crippen LogP contribution in [0.3, 0.4) is 0 Å². The van der Waals surface area contributed by atoms with Gasteiger partial charge in [0, 0.05) is 88.4 Å². The lowest BCUT2D eigenvalue weighted by atomic mass is 9.34. The van der Waals surface area contributed by atoms with Crippen molar-refractivity contribution in [3.63, 3.8) is 0 Å². The van der Waals surface area contributed by atoms with Crippen molar-refractivity contribution in [1.29, 1.82) is 0 Å². The number of hydrogen-bond acceptors (Lipinski definition) is 6. The maximum Gasteiger partial charge on any atom is 0.260 e. The van der Waals surface area contributed by atoms with Crippen molar-refractivity contribution >= 4 is 23.1 Å². The lowest BCUT2D eigenvalue weighted by molar-refractivity contribution is 0.467. The molecule has 0 radical (unpaired) electrons. The van der Waals surface area contributed by atoms with Crippen LogP contribution in [0.2, 0.25) is 0 Å². The molecule has 0 N–H and O–H groups in total. The summed E-state index contributed by atoms with van der Waals surface area (Å²) >= 11 is 0. The summed E-state index contributed by atoms with van der Waals surface area (Å²) in [5.41, 5.74) is 11.1. The highest BCUT2D eigenvalue weighted by Crippen LogP contribution is 2.46. The lowest BCUT2D eigenvalue weighted by Gasteiger charge is -2.35. The maximum atomic E-state index is 6.92.